The van der Waals surface area contributed by atoms with Crippen LogP contribution < -0.4 is 5.73 Å². The van der Waals surface area contributed by atoms with E-state index in [-0.39, 0.29) is 0 Å². The highest BCUT2D eigenvalue weighted by molar-refractivity contribution is 7.09. The fourth-order valence-corrected chi connectivity index (χ4v) is 3.01. The Labute approximate surface area is 95.9 Å². The molecule has 1 aromatic rings. The molecule has 2 N–H and O–H groups in total. The molecule has 1 heterocycles. The van der Waals surface area contributed by atoms with E-state index in [9.17, 15) is 0 Å². The van der Waals surface area contributed by atoms with Crippen LogP contribution in [0, 0.1) is 0 Å². The summed E-state index contributed by atoms with van der Waals surface area (Å²) in [7, 11) is 0. The monoisotopic (exact) mass is 224 g/mol. The third kappa shape index (κ3) is 2.23. The van der Waals surface area contributed by atoms with Crippen LogP contribution in [-0.2, 0) is 5.41 Å². The van der Waals surface area contributed by atoms with E-state index in [1.165, 1.54) is 30.0 Å². The Morgan fingerprint density at radius 3 is 2.87 bits per heavy atom. The molecule has 0 radical (unpaired) electrons. The number of nitrogens with two attached hydrogens (primary N) is 1. The maximum absolute atomic E-state index is 5.79. The Hall–Kier alpha value is -0.410. The summed E-state index contributed by atoms with van der Waals surface area (Å²) in [5.41, 5.74) is 7.43. The highest BCUT2D eigenvalue weighted by Crippen LogP contribution is 2.48. The van der Waals surface area contributed by atoms with Gasteiger partial charge in [0.25, 0.3) is 0 Å². The van der Waals surface area contributed by atoms with Crippen LogP contribution in [0.15, 0.2) is 5.38 Å². The third-order valence-electron chi connectivity index (χ3n) is 3.38. The van der Waals surface area contributed by atoms with Crippen molar-refractivity contribution in [2.24, 2.45) is 5.73 Å². The average Bonchev–Trinajstić information content (AvgIpc) is 2.82. The van der Waals surface area contributed by atoms with Gasteiger partial charge in [-0.25, -0.2) is 4.98 Å². The lowest BCUT2D eigenvalue weighted by molar-refractivity contribution is 0.605. The standard InChI is InChI=1S/C12H20N2S/c1-3-4-9(7-13)10-8-15-11(14-10)12(2)5-6-12/h8-9H,3-7,13H2,1-2H3. The molecule has 2 rings (SSSR count). The molecule has 0 saturated heterocycles. The first-order valence-corrected chi connectivity index (χ1v) is 6.73. The van der Waals surface area contributed by atoms with Gasteiger partial charge in [-0.3, -0.25) is 0 Å². The summed E-state index contributed by atoms with van der Waals surface area (Å²) in [6, 6.07) is 0. The van der Waals surface area contributed by atoms with Crippen LogP contribution in [0.3, 0.4) is 0 Å². The van der Waals surface area contributed by atoms with Crippen LogP contribution in [0.25, 0.3) is 0 Å². The molecule has 1 aliphatic carbocycles. The van der Waals surface area contributed by atoms with Crippen LogP contribution in [0.5, 0.6) is 0 Å². The Morgan fingerprint density at radius 1 is 1.60 bits per heavy atom. The number of nitrogens with zero attached hydrogens (tertiary/aromatic N) is 1. The summed E-state index contributed by atoms with van der Waals surface area (Å²) < 4.78 is 0. The van der Waals surface area contributed by atoms with Crippen molar-refractivity contribution in [1.82, 2.24) is 4.98 Å². The van der Waals surface area contributed by atoms with Crippen LogP contribution in [0.1, 0.15) is 56.2 Å². The summed E-state index contributed by atoms with van der Waals surface area (Å²) >= 11 is 1.82. The maximum Gasteiger partial charge on any atom is 0.0987 e. The van der Waals surface area contributed by atoms with Gasteiger partial charge < -0.3 is 5.73 Å². The van der Waals surface area contributed by atoms with Gasteiger partial charge in [-0.1, -0.05) is 20.3 Å². The molecule has 1 unspecified atom stereocenters. The molecular formula is C12H20N2S. The molecule has 3 heteroatoms. The molecular weight excluding hydrogens is 204 g/mol. The Kier molecular flexibility index (Phi) is 3.12. The van der Waals surface area contributed by atoms with Crippen molar-refractivity contribution in [2.45, 2.75) is 50.9 Å². The lowest BCUT2D eigenvalue weighted by Crippen LogP contribution is -2.13. The smallest absolute Gasteiger partial charge is 0.0987 e. The minimum absolute atomic E-state index is 0.411. The van der Waals surface area contributed by atoms with Crippen LogP contribution in [0.4, 0.5) is 0 Å². The second-order valence-corrected chi connectivity index (χ2v) is 5.72. The van der Waals surface area contributed by atoms with E-state index in [0.717, 1.165) is 13.0 Å². The normalized spacial score (nSPS) is 20.2. The zero-order valence-electron chi connectivity index (χ0n) is 9.62. The highest BCUT2D eigenvalue weighted by atomic mass is 32.1. The second kappa shape index (κ2) is 4.22. The predicted molar refractivity (Wildman–Crippen MR) is 65.4 cm³/mol. The summed E-state index contributed by atoms with van der Waals surface area (Å²) in [5, 5.41) is 3.54. The summed E-state index contributed by atoms with van der Waals surface area (Å²) in [6.45, 7) is 5.25. The summed E-state index contributed by atoms with van der Waals surface area (Å²) in [4.78, 5) is 4.77. The largest absolute Gasteiger partial charge is 0.330 e. The van der Waals surface area contributed by atoms with Crippen molar-refractivity contribution in [1.29, 1.82) is 0 Å². The molecule has 1 aromatic heterocycles. The van der Waals surface area contributed by atoms with Crippen molar-refractivity contribution >= 4 is 11.3 Å². The number of rotatable bonds is 5. The Morgan fingerprint density at radius 2 is 2.33 bits per heavy atom. The second-order valence-electron chi connectivity index (χ2n) is 4.86. The average molecular weight is 224 g/mol. The molecule has 0 bridgehead atoms. The first-order valence-electron chi connectivity index (χ1n) is 5.85. The fourth-order valence-electron chi connectivity index (χ4n) is 1.89. The first kappa shape index (κ1) is 11.1. The minimum Gasteiger partial charge on any atom is -0.330 e. The van der Waals surface area contributed by atoms with E-state index < -0.39 is 0 Å². The molecule has 15 heavy (non-hydrogen) atoms. The molecule has 84 valence electrons. The zero-order chi connectivity index (χ0) is 10.9. The molecule has 1 atom stereocenters. The van der Waals surface area contributed by atoms with Crippen LogP contribution in [-0.4, -0.2) is 11.5 Å². The zero-order valence-corrected chi connectivity index (χ0v) is 10.4. The van der Waals surface area contributed by atoms with Gasteiger partial charge in [-0.05, 0) is 19.3 Å². The molecule has 1 saturated carbocycles. The van der Waals surface area contributed by atoms with Gasteiger partial charge in [0.1, 0.15) is 0 Å². The van der Waals surface area contributed by atoms with E-state index in [2.05, 4.69) is 19.2 Å². The molecule has 0 spiro atoms. The lowest BCUT2D eigenvalue weighted by Gasteiger charge is -2.10. The van der Waals surface area contributed by atoms with Crippen molar-refractivity contribution in [3.05, 3.63) is 16.1 Å². The topological polar surface area (TPSA) is 38.9 Å². The van der Waals surface area contributed by atoms with Crippen molar-refractivity contribution in [3.8, 4) is 0 Å². The quantitative estimate of drug-likeness (QED) is 0.835. The van der Waals surface area contributed by atoms with E-state index in [4.69, 9.17) is 10.7 Å². The molecule has 1 fully saturated rings. The molecule has 0 amide bonds. The van der Waals surface area contributed by atoms with Crippen molar-refractivity contribution < 1.29 is 0 Å². The van der Waals surface area contributed by atoms with Gasteiger partial charge in [0, 0.05) is 23.3 Å². The fraction of sp³-hybridized carbons (Fsp3) is 0.750. The Bertz CT molecular complexity index is 328. The minimum atomic E-state index is 0.411. The van der Waals surface area contributed by atoms with Crippen molar-refractivity contribution in [2.75, 3.05) is 6.54 Å². The van der Waals surface area contributed by atoms with Crippen LogP contribution in [0.2, 0.25) is 0 Å². The molecule has 0 aliphatic heterocycles. The summed E-state index contributed by atoms with van der Waals surface area (Å²) in [6.07, 6.45) is 4.96. The Balaban J connectivity index is 2.11. The van der Waals surface area contributed by atoms with Crippen LogP contribution >= 0.6 is 11.3 Å². The van der Waals surface area contributed by atoms with E-state index in [1.807, 2.05) is 11.3 Å². The molecule has 1 aliphatic rings. The van der Waals surface area contributed by atoms with E-state index >= 15 is 0 Å². The lowest BCUT2D eigenvalue weighted by atomic mass is 10.0. The van der Waals surface area contributed by atoms with E-state index in [0.29, 0.717) is 11.3 Å². The number of aromatic nitrogens is 1. The number of thiazole rings is 1. The summed E-state index contributed by atoms with van der Waals surface area (Å²) in [5.74, 6) is 0.474. The van der Waals surface area contributed by atoms with Gasteiger partial charge >= 0.3 is 0 Å². The predicted octanol–water partition coefficient (Wildman–Crippen LogP) is 3.04. The maximum atomic E-state index is 5.79. The third-order valence-corrected chi connectivity index (χ3v) is 4.54. The van der Waals surface area contributed by atoms with E-state index in [1.54, 1.807) is 0 Å². The van der Waals surface area contributed by atoms with Gasteiger partial charge in [0.2, 0.25) is 0 Å². The molecule has 2 nitrogen and oxygen atoms in total. The first-order chi connectivity index (χ1) is 7.19. The number of hydrogen-bond acceptors (Lipinski definition) is 3. The molecule has 0 aromatic carbocycles. The van der Waals surface area contributed by atoms with Gasteiger partial charge in [0.05, 0.1) is 10.7 Å². The van der Waals surface area contributed by atoms with Crippen molar-refractivity contribution in [3.63, 3.8) is 0 Å². The highest BCUT2D eigenvalue weighted by Gasteiger charge is 2.41. The van der Waals surface area contributed by atoms with Gasteiger partial charge in [-0.2, -0.15) is 0 Å². The number of hydrogen-bond donors (Lipinski definition) is 1. The van der Waals surface area contributed by atoms with Gasteiger partial charge in [0.15, 0.2) is 0 Å². The SMILES string of the molecule is CCCC(CN)c1csc(C2(C)CC2)n1. The van der Waals surface area contributed by atoms with Gasteiger partial charge in [-0.15, -0.1) is 11.3 Å².